The van der Waals surface area contributed by atoms with Gasteiger partial charge in [-0.2, -0.15) is 26.3 Å². The summed E-state index contributed by atoms with van der Waals surface area (Å²) in [7, 11) is 1.59. The summed E-state index contributed by atoms with van der Waals surface area (Å²) in [6.45, 7) is 2.90. The lowest BCUT2D eigenvalue weighted by Crippen LogP contribution is -2.40. The molecule has 1 amide bonds. The largest absolute Gasteiger partial charge is 0.460 e. The second-order valence-electron chi connectivity index (χ2n) is 12.6. The van der Waals surface area contributed by atoms with E-state index in [0.717, 1.165) is 5.56 Å². The van der Waals surface area contributed by atoms with Gasteiger partial charge in [0.05, 0.1) is 23.3 Å². The molecule has 0 spiro atoms. The number of benzene rings is 3. The van der Waals surface area contributed by atoms with Crippen LogP contribution in [0.1, 0.15) is 72.9 Å². The van der Waals surface area contributed by atoms with E-state index in [1.54, 1.807) is 43.4 Å². The summed E-state index contributed by atoms with van der Waals surface area (Å²) < 4.78 is 107. The van der Waals surface area contributed by atoms with E-state index in [9.17, 15) is 40.3 Å². The quantitative estimate of drug-likeness (QED) is 0.138. The number of nitrogens with zero attached hydrogens (tertiary/aromatic N) is 1. The minimum absolute atomic E-state index is 0.0159. The third-order valence-electron chi connectivity index (χ3n) is 9.42. The maximum Gasteiger partial charge on any atom is 0.416 e. The number of amides is 1. The third kappa shape index (κ3) is 7.17. The van der Waals surface area contributed by atoms with Crippen molar-refractivity contribution in [3.05, 3.63) is 106 Å². The van der Waals surface area contributed by atoms with E-state index >= 15 is 0 Å². The summed E-state index contributed by atoms with van der Waals surface area (Å²) in [5.74, 6) is -2.46. The summed E-state index contributed by atoms with van der Waals surface area (Å²) in [6.07, 6.45) is -11.0. The number of carbonyl (C=O) groups is 2. The minimum Gasteiger partial charge on any atom is -0.460 e. The first-order valence-corrected chi connectivity index (χ1v) is 15.2. The van der Waals surface area contributed by atoms with Crippen LogP contribution < -0.4 is 0 Å². The molecule has 12 heteroatoms. The Bertz CT molecular complexity index is 1560. The second-order valence-corrected chi connectivity index (χ2v) is 12.6. The molecule has 252 valence electrons. The van der Waals surface area contributed by atoms with Gasteiger partial charge < -0.3 is 14.4 Å². The predicted molar refractivity (Wildman–Crippen MR) is 157 cm³/mol. The number of rotatable bonds is 8. The van der Waals surface area contributed by atoms with Crippen molar-refractivity contribution >= 4 is 11.9 Å². The van der Waals surface area contributed by atoms with E-state index in [0.29, 0.717) is 30.5 Å². The Morgan fingerprint density at radius 1 is 0.936 bits per heavy atom. The highest BCUT2D eigenvalue weighted by Gasteiger charge is 2.57. The Balaban J connectivity index is 1.42. The average molecular weight is 666 g/mol. The Labute approximate surface area is 267 Å². The summed E-state index contributed by atoms with van der Waals surface area (Å²) in [6, 6.07) is 15.5. The number of ether oxygens (including phenoxy) is 2. The third-order valence-corrected chi connectivity index (χ3v) is 9.42. The topological polar surface area (TPSA) is 55.8 Å². The van der Waals surface area contributed by atoms with Crippen LogP contribution in [0.15, 0.2) is 72.8 Å². The van der Waals surface area contributed by atoms with Crippen LogP contribution in [0.2, 0.25) is 0 Å². The number of esters is 1. The zero-order chi connectivity index (χ0) is 34.3. The van der Waals surface area contributed by atoms with Crippen LogP contribution in [0, 0.1) is 17.2 Å². The fourth-order valence-corrected chi connectivity index (χ4v) is 6.95. The normalized spacial score (nSPS) is 25.7. The van der Waals surface area contributed by atoms with Crippen LogP contribution in [0.25, 0.3) is 0 Å². The Kier molecular flexibility index (Phi) is 9.47. The van der Waals surface area contributed by atoms with Crippen molar-refractivity contribution in [1.29, 1.82) is 0 Å². The first-order chi connectivity index (χ1) is 22.0. The average Bonchev–Trinajstić information content (AvgIpc) is 3.53. The SMILES string of the molecule is C[C@@H](O[C@H]1CC[C@@H](C2C[C@@](C)(C(=O)OCc3ccccc3)C(=O)N2C)[C@@H]1c1ccc(F)cc1)c1cc(C(F)(F)F)cc(C(F)(F)F)c1. The molecule has 1 saturated heterocycles. The lowest BCUT2D eigenvalue weighted by molar-refractivity contribution is -0.161. The molecule has 6 atom stereocenters. The molecule has 0 radical (unpaired) electrons. The Morgan fingerprint density at radius 3 is 2.11 bits per heavy atom. The van der Waals surface area contributed by atoms with E-state index in [-0.39, 0.29) is 30.6 Å². The van der Waals surface area contributed by atoms with Crippen LogP contribution >= 0.6 is 0 Å². The molecule has 1 heterocycles. The number of halogens is 7. The summed E-state index contributed by atoms with van der Waals surface area (Å²) in [4.78, 5) is 28.4. The zero-order valence-electron chi connectivity index (χ0n) is 25.9. The minimum atomic E-state index is -5.01. The zero-order valence-corrected chi connectivity index (χ0v) is 25.9. The molecule has 5 rings (SSSR count). The second kappa shape index (κ2) is 12.9. The maximum absolute atomic E-state index is 13.9. The number of alkyl halides is 6. The molecule has 2 fully saturated rings. The van der Waals surface area contributed by atoms with Crippen molar-refractivity contribution in [3.63, 3.8) is 0 Å². The van der Waals surface area contributed by atoms with Crippen molar-refractivity contribution < 1.29 is 49.8 Å². The van der Waals surface area contributed by atoms with Gasteiger partial charge in [-0.25, -0.2) is 4.39 Å². The summed E-state index contributed by atoms with van der Waals surface area (Å²) in [5, 5.41) is 0. The fraction of sp³-hybridized carbons (Fsp3) is 0.429. The van der Waals surface area contributed by atoms with Crippen molar-refractivity contribution in [2.75, 3.05) is 7.05 Å². The van der Waals surface area contributed by atoms with Gasteiger partial charge in [-0.15, -0.1) is 0 Å². The molecule has 0 N–H and O–H groups in total. The van der Waals surface area contributed by atoms with Crippen molar-refractivity contribution in [2.45, 2.75) is 76.2 Å². The van der Waals surface area contributed by atoms with Crippen LogP contribution in [0.5, 0.6) is 0 Å². The van der Waals surface area contributed by atoms with Crippen LogP contribution in [0.4, 0.5) is 30.7 Å². The van der Waals surface area contributed by atoms with Gasteiger partial charge >= 0.3 is 18.3 Å². The van der Waals surface area contributed by atoms with E-state index < -0.39 is 70.8 Å². The smallest absolute Gasteiger partial charge is 0.416 e. The van der Waals surface area contributed by atoms with Crippen LogP contribution in [-0.2, 0) is 38.0 Å². The molecular weight excluding hydrogens is 631 g/mol. The number of hydrogen-bond acceptors (Lipinski definition) is 4. The van der Waals surface area contributed by atoms with E-state index in [2.05, 4.69) is 0 Å². The standard InChI is InChI=1S/C35H34F7NO4/c1-20(23-15-24(34(37,38)39)17-25(16-23)35(40,41)42)47-29-14-13-27(30(29)22-9-11-26(36)12-10-22)28-18-33(2,31(44)43(28)3)32(45)46-19-21-7-5-4-6-8-21/h4-12,15-17,20,27-30H,13-14,18-19H2,1-3H3/t20-,27+,28?,29+,30+,33-/m1/s1. The number of carbonyl (C=O) groups excluding carboxylic acids is 2. The van der Waals surface area contributed by atoms with Crippen molar-refractivity contribution in [1.82, 2.24) is 4.90 Å². The first kappa shape index (κ1) is 34.4. The molecule has 1 aliphatic carbocycles. The molecule has 47 heavy (non-hydrogen) atoms. The Morgan fingerprint density at radius 2 is 1.53 bits per heavy atom. The monoisotopic (exact) mass is 665 g/mol. The highest BCUT2D eigenvalue weighted by Crippen LogP contribution is 2.51. The van der Waals surface area contributed by atoms with Gasteiger partial charge in [0.25, 0.3) is 0 Å². The van der Waals surface area contributed by atoms with Crippen molar-refractivity contribution in [2.24, 2.45) is 11.3 Å². The molecule has 0 bridgehead atoms. The number of hydrogen-bond donors (Lipinski definition) is 0. The summed E-state index contributed by atoms with van der Waals surface area (Å²) in [5.41, 5.74) is -3.28. The molecule has 1 unspecified atom stereocenters. The van der Waals surface area contributed by atoms with Crippen LogP contribution in [0.3, 0.4) is 0 Å². The van der Waals surface area contributed by atoms with Crippen LogP contribution in [-0.4, -0.2) is 36.0 Å². The van der Waals surface area contributed by atoms with Gasteiger partial charge in [0, 0.05) is 19.0 Å². The first-order valence-electron chi connectivity index (χ1n) is 15.2. The predicted octanol–water partition coefficient (Wildman–Crippen LogP) is 8.48. The molecule has 5 nitrogen and oxygen atoms in total. The fourth-order valence-electron chi connectivity index (χ4n) is 6.95. The summed E-state index contributed by atoms with van der Waals surface area (Å²) >= 11 is 0. The molecular formula is C35H34F7NO4. The van der Waals surface area contributed by atoms with Gasteiger partial charge in [0.1, 0.15) is 17.8 Å². The van der Waals surface area contributed by atoms with Gasteiger partial charge in [-0.05, 0) is 86.1 Å². The number of likely N-dealkylation sites (tertiary alicyclic amines) is 1. The molecule has 1 saturated carbocycles. The highest BCUT2D eigenvalue weighted by molar-refractivity contribution is 6.04. The lowest BCUT2D eigenvalue weighted by atomic mass is 9.78. The lowest BCUT2D eigenvalue weighted by Gasteiger charge is -2.34. The molecule has 0 aromatic heterocycles. The maximum atomic E-state index is 13.9. The molecule has 2 aliphatic rings. The van der Waals surface area contributed by atoms with E-state index in [1.165, 1.54) is 30.9 Å². The Hall–Kier alpha value is -3.93. The van der Waals surface area contributed by atoms with E-state index in [4.69, 9.17) is 9.47 Å². The van der Waals surface area contributed by atoms with Gasteiger partial charge in [0.15, 0.2) is 0 Å². The molecule has 3 aromatic carbocycles. The molecule has 3 aromatic rings. The van der Waals surface area contributed by atoms with Gasteiger partial charge in [-0.1, -0.05) is 42.5 Å². The van der Waals surface area contributed by atoms with E-state index in [1.807, 2.05) is 6.07 Å². The van der Waals surface area contributed by atoms with Gasteiger partial charge in [-0.3, -0.25) is 9.59 Å². The van der Waals surface area contributed by atoms with Gasteiger partial charge in [0.2, 0.25) is 5.91 Å². The van der Waals surface area contributed by atoms with Crippen molar-refractivity contribution in [3.8, 4) is 0 Å². The molecule has 1 aliphatic heterocycles. The highest BCUT2D eigenvalue weighted by atomic mass is 19.4.